The van der Waals surface area contributed by atoms with Crippen molar-refractivity contribution in [2.45, 2.75) is 19.4 Å². The molecule has 2 N–H and O–H groups in total. The van der Waals surface area contributed by atoms with Crippen LogP contribution in [0.1, 0.15) is 28.2 Å². The molecular weight excluding hydrogens is 383 g/mol. The molecular formula is C21H20Cl2N2O2. The Hall–Kier alpha value is -2.14. The zero-order valence-electron chi connectivity index (χ0n) is 15.1. The summed E-state index contributed by atoms with van der Waals surface area (Å²) in [5, 5.41) is 22.1. The second-order valence-electron chi connectivity index (χ2n) is 7.11. The quantitative estimate of drug-likeness (QED) is 0.627. The summed E-state index contributed by atoms with van der Waals surface area (Å²) in [7, 11) is 2.05. The fraction of sp³-hybridized carbons (Fsp3) is 0.238. The highest BCUT2D eigenvalue weighted by Crippen LogP contribution is 2.42. The summed E-state index contributed by atoms with van der Waals surface area (Å²) in [5.41, 5.74) is 4.50. The van der Waals surface area contributed by atoms with E-state index < -0.39 is 0 Å². The first-order chi connectivity index (χ1) is 12.9. The lowest BCUT2D eigenvalue weighted by Gasteiger charge is -2.34. The predicted octanol–water partition coefficient (Wildman–Crippen LogP) is 5.08. The number of halogens is 2. The van der Waals surface area contributed by atoms with Gasteiger partial charge in [0.15, 0.2) is 5.88 Å². The van der Waals surface area contributed by atoms with Crippen LogP contribution in [0.5, 0.6) is 11.8 Å². The highest BCUT2D eigenvalue weighted by Gasteiger charge is 2.29. The molecule has 0 radical (unpaired) electrons. The van der Waals surface area contributed by atoms with Gasteiger partial charge in [-0.2, -0.15) is 0 Å². The van der Waals surface area contributed by atoms with Crippen LogP contribution in [0.3, 0.4) is 0 Å². The third kappa shape index (κ3) is 3.08. The Morgan fingerprint density at radius 3 is 2.48 bits per heavy atom. The van der Waals surface area contributed by atoms with Gasteiger partial charge in [0, 0.05) is 40.7 Å². The number of aryl methyl sites for hydroxylation is 1. The maximum Gasteiger partial charge on any atom is 0.201 e. The summed E-state index contributed by atoms with van der Waals surface area (Å²) in [5.74, 6) is 0.0482. The van der Waals surface area contributed by atoms with Crippen molar-refractivity contribution in [1.82, 2.24) is 9.47 Å². The van der Waals surface area contributed by atoms with Crippen molar-refractivity contribution in [1.29, 1.82) is 0 Å². The third-order valence-electron chi connectivity index (χ3n) is 5.18. The Morgan fingerprint density at radius 2 is 1.78 bits per heavy atom. The van der Waals surface area contributed by atoms with Crippen molar-refractivity contribution in [3.63, 3.8) is 0 Å². The molecule has 4 nitrogen and oxygen atoms in total. The smallest absolute Gasteiger partial charge is 0.201 e. The van der Waals surface area contributed by atoms with Crippen LogP contribution in [0.2, 0.25) is 10.0 Å². The molecule has 0 aliphatic carbocycles. The molecule has 3 aromatic rings. The molecule has 2 heterocycles. The minimum absolute atomic E-state index is 0.00552. The highest BCUT2D eigenvalue weighted by atomic mass is 35.5. The average Bonchev–Trinajstić information content (AvgIpc) is 2.87. The van der Waals surface area contributed by atoms with Crippen LogP contribution in [-0.4, -0.2) is 33.3 Å². The van der Waals surface area contributed by atoms with Gasteiger partial charge in [-0.05, 0) is 48.9 Å². The third-order valence-corrected chi connectivity index (χ3v) is 5.74. The lowest BCUT2D eigenvalue weighted by molar-refractivity contribution is 0.295. The SMILES string of the molecule is Cc1cc(O)n(-c2ccccc2C2CN(C)Cc3c(Cl)cc(Cl)cc32)c1O. The number of hydrogen-bond acceptors (Lipinski definition) is 3. The van der Waals surface area contributed by atoms with Gasteiger partial charge in [-0.25, -0.2) is 0 Å². The first-order valence-corrected chi connectivity index (χ1v) is 9.48. The lowest BCUT2D eigenvalue weighted by atomic mass is 9.84. The normalized spacial score (nSPS) is 17.1. The van der Waals surface area contributed by atoms with Crippen LogP contribution in [0, 0.1) is 6.92 Å². The molecule has 0 amide bonds. The standard InChI is InChI=1S/C21H20Cl2N2O2/c1-12-7-20(26)25(21(12)27)19-6-4-3-5-14(19)16-10-24(2)11-17-15(16)8-13(22)9-18(17)23/h3-9,16,26-27H,10-11H2,1-2H3. The van der Waals surface area contributed by atoms with Crippen molar-refractivity contribution in [3.8, 4) is 17.4 Å². The van der Waals surface area contributed by atoms with E-state index in [1.165, 1.54) is 4.57 Å². The zero-order chi connectivity index (χ0) is 19.3. The van der Waals surface area contributed by atoms with Crippen LogP contribution in [0.25, 0.3) is 5.69 Å². The summed E-state index contributed by atoms with van der Waals surface area (Å²) in [4.78, 5) is 2.21. The monoisotopic (exact) mass is 402 g/mol. The van der Waals surface area contributed by atoms with Crippen molar-refractivity contribution < 1.29 is 10.2 Å². The van der Waals surface area contributed by atoms with Crippen LogP contribution >= 0.6 is 23.2 Å². The first-order valence-electron chi connectivity index (χ1n) is 8.72. The molecule has 0 bridgehead atoms. The van der Waals surface area contributed by atoms with E-state index in [1.54, 1.807) is 19.1 Å². The molecule has 0 fully saturated rings. The summed E-state index contributed by atoms with van der Waals surface area (Å²) >= 11 is 12.8. The number of likely N-dealkylation sites (N-methyl/N-ethyl adjacent to an activating group) is 1. The van der Waals surface area contributed by atoms with Gasteiger partial charge in [0.1, 0.15) is 0 Å². The zero-order valence-corrected chi connectivity index (χ0v) is 16.6. The molecule has 0 spiro atoms. The van der Waals surface area contributed by atoms with Crippen LogP contribution in [0.15, 0.2) is 42.5 Å². The molecule has 1 aromatic heterocycles. The van der Waals surface area contributed by atoms with Crippen molar-refractivity contribution >= 4 is 23.2 Å². The molecule has 140 valence electrons. The molecule has 1 aliphatic heterocycles. The first kappa shape index (κ1) is 18.2. The maximum absolute atomic E-state index is 10.5. The number of fused-ring (bicyclic) bond motifs is 1. The Bertz CT molecular complexity index is 1030. The largest absolute Gasteiger partial charge is 0.494 e. The highest BCUT2D eigenvalue weighted by molar-refractivity contribution is 6.35. The van der Waals surface area contributed by atoms with Gasteiger partial charge < -0.3 is 15.1 Å². The summed E-state index contributed by atoms with van der Waals surface area (Å²) in [6.07, 6.45) is 0. The molecule has 0 saturated heterocycles. The number of rotatable bonds is 2. The summed E-state index contributed by atoms with van der Waals surface area (Å²) in [6, 6.07) is 13.1. The lowest BCUT2D eigenvalue weighted by Crippen LogP contribution is -2.31. The van der Waals surface area contributed by atoms with E-state index in [1.807, 2.05) is 30.3 Å². The number of nitrogens with zero attached hydrogens (tertiary/aromatic N) is 2. The number of benzene rings is 2. The molecule has 1 unspecified atom stereocenters. The van der Waals surface area contributed by atoms with Gasteiger partial charge >= 0.3 is 0 Å². The fourth-order valence-corrected chi connectivity index (χ4v) is 4.51. The second kappa shape index (κ2) is 6.79. The number of aromatic hydroxyl groups is 2. The molecule has 4 rings (SSSR count). The maximum atomic E-state index is 10.5. The molecule has 1 aliphatic rings. The summed E-state index contributed by atoms with van der Waals surface area (Å²) < 4.78 is 1.48. The predicted molar refractivity (Wildman–Crippen MR) is 108 cm³/mol. The number of aromatic nitrogens is 1. The van der Waals surface area contributed by atoms with Gasteiger partial charge in [-0.1, -0.05) is 41.4 Å². The van der Waals surface area contributed by atoms with E-state index in [2.05, 4.69) is 11.9 Å². The van der Waals surface area contributed by atoms with Crippen molar-refractivity contribution in [2.24, 2.45) is 0 Å². The van der Waals surface area contributed by atoms with Gasteiger partial charge in [0.05, 0.1) is 5.69 Å². The van der Waals surface area contributed by atoms with Crippen LogP contribution in [0.4, 0.5) is 0 Å². The molecule has 6 heteroatoms. The molecule has 2 aromatic carbocycles. The topological polar surface area (TPSA) is 48.6 Å². The van der Waals surface area contributed by atoms with Crippen LogP contribution in [-0.2, 0) is 6.54 Å². The summed E-state index contributed by atoms with van der Waals surface area (Å²) in [6.45, 7) is 3.29. The Labute approximate surface area is 168 Å². The minimum atomic E-state index is 0.00552. The number of hydrogen-bond donors (Lipinski definition) is 2. The Kier molecular flexibility index (Phi) is 4.58. The van der Waals surface area contributed by atoms with Gasteiger partial charge in [-0.3, -0.25) is 4.57 Å². The Morgan fingerprint density at radius 1 is 1.04 bits per heavy atom. The molecule has 27 heavy (non-hydrogen) atoms. The van der Waals surface area contributed by atoms with Crippen molar-refractivity contribution in [2.75, 3.05) is 13.6 Å². The minimum Gasteiger partial charge on any atom is -0.494 e. The van der Waals surface area contributed by atoms with Gasteiger partial charge in [0.2, 0.25) is 5.88 Å². The molecule has 0 saturated carbocycles. The van der Waals surface area contributed by atoms with E-state index in [0.29, 0.717) is 15.6 Å². The molecule has 1 atom stereocenters. The average molecular weight is 403 g/mol. The van der Waals surface area contributed by atoms with Crippen molar-refractivity contribution in [3.05, 3.63) is 74.8 Å². The van der Waals surface area contributed by atoms with E-state index >= 15 is 0 Å². The van der Waals surface area contributed by atoms with E-state index in [4.69, 9.17) is 23.2 Å². The van der Waals surface area contributed by atoms with E-state index in [-0.39, 0.29) is 17.7 Å². The number of para-hydroxylation sites is 1. The van der Waals surface area contributed by atoms with Crippen LogP contribution < -0.4 is 0 Å². The van der Waals surface area contributed by atoms with Gasteiger partial charge in [-0.15, -0.1) is 0 Å². The van der Waals surface area contributed by atoms with Gasteiger partial charge in [0.25, 0.3) is 0 Å². The Balaban J connectivity index is 1.94. The second-order valence-corrected chi connectivity index (χ2v) is 7.95. The van der Waals surface area contributed by atoms with E-state index in [9.17, 15) is 10.2 Å². The fourth-order valence-electron chi connectivity index (χ4n) is 3.94. The van der Waals surface area contributed by atoms with E-state index in [0.717, 1.165) is 35.5 Å².